The number of ether oxygens (including phenoxy) is 2. The lowest BCUT2D eigenvalue weighted by Crippen LogP contribution is -2.21. The first-order valence-electron chi connectivity index (χ1n) is 6.56. The molecule has 0 amide bonds. The van der Waals surface area contributed by atoms with Gasteiger partial charge in [0.15, 0.2) is 5.71 Å². The molecule has 116 valence electrons. The van der Waals surface area contributed by atoms with E-state index in [4.69, 9.17) is 9.94 Å². The highest BCUT2D eigenvalue weighted by Gasteiger charge is 2.25. The Hall–Kier alpha value is -2.18. The first-order valence-corrected chi connectivity index (χ1v) is 6.56. The van der Waals surface area contributed by atoms with Gasteiger partial charge in [-0.15, -0.1) is 0 Å². The molecule has 0 saturated carbocycles. The monoisotopic (exact) mass is 301 g/mol. The van der Waals surface area contributed by atoms with Crippen LogP contribution in [0.4, 0.5) is 8.78 Å². The molecule has 7 heteroatoms. The van der Waals surface area contributed by atoms with E-state index in [0.717, 1.165) is 25.0 Å². The van der Waals surface area contributed by atoms with Crippen LogP contribution in [0.3, 0.4) is 0 Å². The SMILES string of the molecule is CCCCOc1cc(F)c(/C(=N/O)C(=O)OCC)c(F)c1. The van der Waals surface area contributed by atoms with Gasteiger partial charge >= 0.3 is 5.97 Å². The first-order chi connectivity index (χ1) is 10.0. The molecular formula is C14H17F2NO4. The normalized spacial score (nSPS) is 11.3. The fraction of sp³-hybridized carbons (Fsp3) is 0.429. The van der Waals surface area contributed by atoms with E-state index in [1.165, 1.54) is 6.92 Å². The number of rotatable bonds is 7. The van der Waals surface area contributed by atoms with Gasteiger partial charge in [-0.2, -0.15) is 0 Å². The molecule has 0 spiro atoms. The lowest BCUT2D eigenvalue weighted by molar-refractivity contribution is -0.135. The maximum atomic E-state index is 13.9. The van der Waals surface area contributed by atoms with Crippen molar-refractivity contribution in [2.75, 3.05) is 13.2 Å². The number of hydrogen-bond acceptors (Lipinski definition) is 5. The maximum Gasteiger partial charge on any atom is 0.361 e. The summed E-state index contributed by atoms with van der Waals surface area (Å²) in [5, 5.41) is 11.4. The lowest BCUT2D eigenvalue weighted by Gasteiger charge is -2.10. The van der Waals surface area contributed by atoms with Crippen molar-refractivity contribution in [1.29, 1.82) is 0 Å². The maximum absolute atomic E-state index is 13.9. The molecule has 0 bridgehead atoms. The van der Waals surface area contributed by atoms with Crippen LogP contribution in [0.5, 0.6) is 5.75 Å². The van der Waals surface area contributed by atoms with E-state index in [1.807, 2.05) is 6.92 Å². The van der Waals surface area contributed by atoms with Gasteiger partial charge in [-0.1, -0.05) is 18.5 Å². The lowest BCUT2D eigenvalue weighted by atomic mass is 10.1. The van der Waals surface area contributed by atoms with Crippen molar-refractivity contribution >= 4 is 11.7 Å². The molecular weight excluding hydrogens is 284 g/mol. The second-order valence-electron chi connectivity index (χ2n) is 4.13. The van der Waals surface area contributed by atoms with Crippen LogP contribution >= 0.6 is 0 Å². The predicted octanol–water partition coefficient (Wildman–Crippen LogP) is 2.89. The Morgan fingerprint density at radius 3 is 2.38 bits per heavy atom. The van der Waals surface area contributed by atoms with Crippen LogP contribution in [0, 0.1) is 11.6 Å². The van der Waals surface area contributed by atoms with Crippen molar-refractivity contribution in [3.8, 4) is 5.75 Å². The third kappa shape index (κ3) is 4.40. The Labute approximate surface area is 121 Å². The minimum Gasteiger partial charge on any atom is -0.493 e. The number of hydrogen-bond donors (Lipinski definition) is 1. The molecule has 0 heterocycles. The summed E-state index contributed by atoms with van der Waals surface area (Å²) in [6.07, 6.45) is 1.63. The molecule has 1 rings (SSSR count). The molecule has 1 aromatic carbocycles. The van der Waals surface area contributed by atoms with Crippen LogP contribution in [-0.4, -0.2) is 30.1 Å². The summed E-state index contributed by atoms with van der Waals surface area (Å²) >= 11 is 0. The highest BCUT2D eigenvalue weighted by atomic mass is 19.1. The number of nitrogens with zero attached hydrogens (tertiary/aromatic N) is 1. The topological polar surface area (TPSA) is 68.1 Å². The van der Waals surface area contributed by atoms with Crippen LogP contribution in [0.15, 0.2) is 17.3 Å². The molecule has 0 atom stereocenters. The van der Waals surface area contributed by atoms with Gasteiger partial charge in [-0.25, -0.2) is 13.6 Å². The fourth-order valence-electron chi connectivity index (χ4n) is 1.59. The molecule has 0 radical (unpaired) electrons. The van der Waals surface area contributed by atoms with Crippen molar-refractivity contribution < 1.29 is 28.3 Å². The van der Waals surface area contributed by atoms with Crippen molar-refractivity contribution in [1.82, 2.24) is 0 Å². The molecule has 0 aromatic heterocycles. The fourth-order valence-corrected chi connectivity index (χ4v) is 1.59. The summed E-state index contributed by atoms with van der Waals surface area (Å²) in [7, 11) is 0. The Bertz CT molecular complexity index is 509. The van der Waals surface area contributed by atoms with E-state index in [9.17, 15) is 13.6 Å². The molecule has 0 unspecified atom stereocenters. The number of unbranched alkanes of at least 4 members (excludes halogenated alkanes) is 1. The summed E-state index contributed by atoms with van der Waals surface area (Å²) in [6, 6.07) is 1.86. The van der Waals surface area contributed by atoms with E-state index >= 15 is 0 Å². The minimum absolute atomic E-state index is 0.00310. The van der Waals surface area contributed by atoms with Crippen molar-refractivity contribution in [3.05, 3.63) is 29.3 Å². The van der Waals surface area contributed by atoms with E-state index in [2.05, 4.69) is 9.89 Å². The second kappa shape index (κ2) is 8.18. The number of oxime groups is 1. The molecule has 0 fully saturated rings. The van der Waals surface area contributed by atoms with E-state index in [0.29, 0.717) is 6.61 Å². The zero-order valence-electron chi connectivity index (χ0n) is 11.9. The summed E-state index contributed by atoms with van der Waals surface area (Å²) < 4.78 is 37.6. The molecule has 1 aromatic rings. The standard InChI is InChI=1S/C14H17F2NO4/c1-3-5-6-21-9-7-10(15)12(11(16)8-9)13(17-19)14(18)20-4-2/h7-8,19H,3-6H2,1-2H3/b17-13-. The van der Waals surface area contributed by atoms with Gasteiger partial charge in [0.2, 0.25) is 0 Å². The minimum atomic E-state index is -1.11. The first kappa shape index (κ1) is 16.9. The number of esters is 1. The van der Waals surface area contributed by atoms with E-state index < -0.39 is 28.9 Å². The molecule has 5 nitrogen and oxygen atoms in total. The predicted molar refractivity (Wildman–Crippen MR) is 71.7 cm³/mol. The van der Waals surface area contributed by atoms with Gasteiger partial charge in [-0.3, -0.25) is 0 Å². The van der Waals surface area contributed by atoms with Gasteiger partial charge < -0.3 is 14.7 Å². The highest BCUT2D eigenvalue weighted by Crippen LogP contribution is 2.22. The zero-order chi connectivity index (χ0) is 15.8. The number of halogens is 2. The van der Waals surface area contributed by atoms with Crippen LogP contribution < -0.4 is 4.74 Å². The Balaban J connectivity index is 3.06. The average molecular weight is 301 g/mol. The van der Waals surface area contributed by atoms with Gasteiger partial charge in [0.25, 0.3) is 0 Å². The van der Waals surface area contributed by atoms with E-state index in [1.54, 1.807) is 0 Å². The van der Waals surface area contributed by atoms with Gasteiger partial charge in [0, 0.05) is 12.1 Å². The summed E-state index contributed by atoms with van der Waals surface area (Å²) in [5.41, 5.74) is -1.58. The van der Waals surface area contributed by atoms with Crippen LogP contribution in [0.2, 0.25) is 0 Å². The third-order valence-corrected chi connectivity index (χ3v) is 2.59. The van der Waals surface area contributed by atoms with Crippen molar-refractivity contribution in [2.24, 2.45) is 5.16 Å². The molecule has 0 saturated heterocycles. The average Bonchev–Trinajstić information content (AvgIpc) is 2.43. The summed E-state index contributed by atoms with van der Waals surface area (Å²) in [5.74, 6) is -3.24. The largest absolute Gasteiger partial charge is 0.493 e. The molecule has 21 heavy (non-hydrogen) atoms. The van der Waals surface area contributed by atoms with E-state index in [-0.39, 0.29) is 12.4 Å². The molecule has 0 aliphatic heterocycles. The summed E-state index contributed by atoms with van der Waals surface area (Å²) in [6.45, 7) is 3.79. The number of carbonyl (C=O) groups is 1. The Kier molecular flexibility index (Phi) is 6.58. The zero-order valence-corrected chi connectivity index (χ0v) is 11.9. The number of benzene rings is 1. The van der Waals surface area contributed by atoms with Crippen molar-refractivity contribution in [3.63, 3.8) is 0 Å². The quantitative estimate of drug-likeness (QED) is 0.276. The van der Waals surface area contributed by atoms with Crippen molar-refractivity contribution in [2.45, 2.75) is 26.7 Å². The van der Waals surface area contributed by atoms with Crippen LogP contribution in [0.1, 0.15) is 32.3 Å². The summed E-state index contributed by atoms with van der Waals surface area (Å²) in [4.78, 5) is 11.5. The highest BCUT2D eigenvalue weighted by molar-refractivity contribution is 6.43. The smallest absolute Gasteiger partial charge is 0.361 e. The molecule has 0 aliphatic rings. The molecule has 0 aliphatic carbocycles. The second-order valence-corrected chi connectivity index (χ2v) is 4.13. The van der Waals surface area contributed by atoms with Gasteiger partial charge in [-0.05, 0) is 13.3 Å². The van der Waals surface area contributed by atoms with Crippen LogP contribution in [0.25, 0.3) is 0 Å². The van der Waals surface area contributed by atoms with Crippen LogP contribution in [-0.2, 0) is 9.53 Å². The Morgan fingerprint density at radius 2 is 1.90 bits per heavy atom. The number of carbonyl (C=O) groups excluding carboxylic acids is 1. The Morgan fingerprint density at radius 1 is 1.29 bits per heavy atom. The molecule has 1 N–H and O–H groups in total. The third-order valence-electron chi connectivity index (χ3n) is 2.59. The van der Waals surface area contributed by atoms with Gasteiger partial charge in [0.05, 0.1) is 18.8 Å². The van der Waals surface area contributed by atoms with Gasteiger partial charge in [0.1, 0.15) is 17.4 Å².